The first-order chi connectivity index (χ1) is 11.7. The Balaban J connectivity index is 1.74. The Kier molecular flexibility index (Phi) is 4.38. The number of methoxy groups -OCH3 is 1. The highest BCUT2D eigenvalue weighted by Gasteiger charge is 2.04. The molecule has 0 saturated heterocycles. The first kappa shape index (κ1) is 15.5. The third-order valence-corrected chi connectivity index (χ3v) is 3.50. The standard InChI is InChI=1S/C18H15N3O3/c1-24-15-8-6-12(7-9-15)18(23)21-19-11-14-10-13-4-2-3-5-16(13)20-17(14)22/h2-11H,1H3,(H,20,22)(H,21,23)/b19-11+. The van der Waals surface area contributed by atoms with Crippen LogP contribution in [0.1, 0.15) is 15.9 Å². The van der Waals surface area contributed by atoms with Crippen LogP contribution >= 0.6 is 0 Å². The summed E-state index contributed by atoms with van der Waals surface area (Å²) in [5.41, 5.74) is 3.69. The third-order valence-electron chi connectivity index (χ3n) is 3.50. The molecule has 0 aliphatic heterocycles. The van der Waals surface area contributed by atoms with E-state index in [1.807, 2.05) is 24.3 Å². The highest BCUT2D eigenvalue weighted by molar-refractivity contribution is 5.95. The maximum absolute atomic E-state index is 12.0. The van der Waals surface area contributed by atoms with Crippen molar-refractivity contribution in [2.75, 3.05) is 7.11 Å². The maximum atomic E-state index is 12.0. The predicted molar refractivity (Wildman–Crippen MR) is 92.6 cm³/mol. The summed E-state index contributed by atoms with van der Waals surface area (Å²) in [7, 11) is 1.56. The average Bonchev–Trinajstić information content (AvgIpc) is 2.62. The van der Waals surface area contributed by atoms with Crippen LogP contribution in [-0.2, 0) is 0 Å². The molecule has 0 aliphatic carbocycles. The van der Waals surface area contributed by atoms with E-state index in [2.05, 4.69) is 15.5 Å². The molecule has 2 N–H and O–H groups in total. The lowest BCUT2D eigenvalue weighted by Gasteiger charge is -2.02. The van der Waals surface area contributed by atoms with Crippen molar-refractivity contribution in [1.29, 1.82) is 0 Å². The van der Waals surface area contributed by atoms with Crippen molar-refractivity contribution < 1.29 is 9.53 Å². The molecule has 3 rings (SSSR count). The van der Waals surface area contributed by atoms with Gasteiger partial charge >= 0.3 is 0 Å². The third kappa shape index (κ3) is 3.33. The Labute approximate surface area is 137 Å². The van der Waals surface area contributed by atoms with Gasteiger partial charge in [0, 0.05) is 11.1 Å². The number of nitrogens with zero attached hydrogens (tertiary/aromatic N) is 1. The quantitative estimate of drug-likeness (QED) is 0.571. The second kappa shape index (κ2) is 6.78. The minimum Gasteiger partial charge on any atom is -0.497 e. The number of carbonyl (C=O) groups is 1. The minimum absolute atomic E-state index is 0.267. The molecule has 24 heavy (non-hydrogen) atoms. The number of carbonyl (C=O) groups excluding carboxylic acids is 1. The molecular weight excluding hydrogens is 306 g/mol. The summed E-state index contributed by atoms with van der Waals surface area (Å²) in [5, 5.41) is 4.74. The van der Waals surface area contributed by atoms with E-state index in [0.29, 0.717) is 16.9 Å². The molecule has 0 aliphatic rings. The number of aromatic nitrogens is 1. The number of amides is 1. The van der Waals surface area contributed by atoms with Crippen LogP contribution in [0.2, 0.25) is 0 Å². The maximum Gasteiger partial charge on any atom is 0.271 e. The summed E-state index contributed by atoms with van der Waals surface area (Å²) in [6.45, 7) is 0. The lowest BCUT2D eigenvalue weighted by Crippen LogP contribution is -2.19. The first-order valence-corrected chi connectivity index (χ1v) is 7.27. The molecule has 0 radical (unpaired) electrons. The largest absolute Gasteiger partial charge is 0.497 e. The summed E-state index contributed by atoms with van der Waals surface area (Å²) in [6, 6.07) is 15.8. The molecule has 1 heterocycles. The molecule has 0 bridgehead atoms. The van der Waals surface area contributed by atoms with Gasteiger partial charge in [-0.3, -0.25) is 9.59 Å². The molecule has 3 aromatic rings. The summed E-state index contributed by atoms with van der Waals surface area (Å²) >= 11 is 0. The smallest absolute Gasteiger partial charge is 0.271 e. The van der Waals surface area contributed by atoms with Gasteiger partial charge in [-0.1, -0.05) is 18.2 Å². The molecule has 0 fully saturated rings. The molecule has 6 nitrogen and oxygen atoms in total. The second-order valence-electron chi connectivity index (χ2n) is 5.07. The van der Waals surface area contributed by atoms with Gasteiger partial charge in [0.05, 0.1) is 18.9 Å². The van der Waals surface area contributed by atoms with E-state index >= 15 is 0 Å². The fourth-order valence-electron chi connectivity index (χ4n) is 2.23. The van der Waals surface area contributed by atoms with Gasteiger partial charge in [0.15, 0.2) is 0 Å². The zero-order valence-corrected chi connectivity index (χ0v) is 12.9. The zero-order valence-electron chi connectivity index (χ0n) is 12.9. The molecule has 1 amide bonds. The van der Waals surface area contributed by atoms with Gasteiger partial charge in [-0.25, -0.2) is 5.43 Å². The number of benzene rings is 2. The normalized spacial score (nSPS) is 10.9. The number of hydrogen-bond donors (Lipinski definition) is 2. The Bertz CT molecular complexity index is 959. The van der Waals surface area contributed by atoms with Crippen LogP contribution in [0.5, 0.6) is 5.75 Å². The zero-order chi connectivity index (χ0) is 16.9. The highest BCUT2D eigenvalue weighted by atomic mass is 16.5. The number of hydrazone groups is 1. The van der Waals surface area contributed by atoms with Crippen LogP contribution in [0.15, 0.2) is 64.5 Å². The van der Waals surface area contributed by atoms with Crippen LogP contribution in [0.3, 0.4) is 0 Å². The number of pyridine rings is 1. The lowest BCUT2D eigenvalue weighted by molar-refractivity contribution is 0.0955. The molecule has 0 unspecified atom stereocenters. The SMILES string of the molecule is COc1ccc(C(=O)N/N=C/c2cc3ccccc3[nH]c2=O)cc1. The number of aromatic amines is 1. The molecule has 120 valence electrons. The number of para-hydroxylation sites is 1. The van der Waals surface area contributed by atoms with Crippen molar-refractivity contribution in [3.63, 3.8) is 0 Å². The van der Waals surface area contributed by atoms with Crippen molar-refractivity contribution >= 4 is 23.0 Å². The molecule has 0 spiro atoms. The first-order valence-electron chi connectivity index (χ1n) is 7.27. The Hall–Kier alpha value is -3.41. The van der Waals surface area contributed by atoms with Gasteiger partial charge in [0.2, 0.25) is 0 Å². The fourth-order valence-corrected chi connectivity index (χ4v) is 2.23. The van der Waals surface area contributed by atoms with Gasteiger partial charge in [-0.05, 0) is 41.8 Å². The summed E-state index contributed by atoms with van der Waals surface area (Å²) in [6.07, 6.45) is 1.33. The van der Waals surface area contributed by atoms with E-state index in [0.717, 1.165) is 10.9 Å². The molecule has 6 heteroatoms. The molecule has 0 saturated carbocycles. The molecule has 0 atom stereocenters. The van der Waals surface area contributed by atoms with Crippen molar-refractivity contribution in [2.24, 2.45) is 5.10 Å². The van der Waals surface area contributed by atoms with Crippen molar-refractivity contribution in [1.82, 2.24) is 10.4 Å². The fraction of sp³-hybridized carbons (Fsp3) is 0.0556. The van der Waals surface area contributed by atoms with E-state index in [1.54, 1.807) is 37.4 Å². The Morgan fingerprint density at radius 1 is 1.17 bits per heavy atom. The van der Waals surface area contributed by atoms with Crippen LogP contribution in [0, 0.1) is 0 Å². The molecule has 2 aromatic carbocycles. The van der Waals surface area contributed by atoms with E-state index in [4.69, 9.17) is 4.74 Å². The van der Waals surface area contributed by atoms with E-state index in [9.17, 15) is 9.59 Å². The number of fused-ring (bicyclic) bond motifs is 1. The number of H-pyrrole nitrogens is 1. The Morgan fingerprint density at radius 3 is 2.67 bits per heavy atom. The van der Waals surface area contributed by atoms with Gasteiger partial charge in [-0.2, -0.15) is 5.10 Å². The van der Waals surface area contributed by atoms with Gasteiger partial charge < -0.3 is 9.72 Å². The number of rotatable bonds is 4. The summed E-state index contributed by atoms with van der Waals surface area (Å²) in [5.74, 6) is 0.295. The molecular formula is C18H15N3O3. The van der Waals surface area contributed by atoms with Crippen LogP contribution < -0.4 is 15.7 Å². The Morgan fingerprint density at radius 2 is 1.92 bits per heavy atom. The number of hydrogen-bond acceptors (Lipinski definition) is 4. The lowest BCUT2D eigenvalue weighted by atomic mass is 10.2. The summed E-state index contributed by atoms with van der Waals surface area (Å²) in [4.78, 5) is 26.7. The monoisotopic (exact) mass is 321 g/mol. The minimum atomic E-state index is -0.369. The number of nitrogens with one attached hydrogen (secondary N) is 2. The topological polar surface area (TPSA) is 83.5 Å². The van der Waals surface area contributed by atoms with Crippen molar-refractivity contribution in [3.05, 3.63) is 76.1 Å². The summed E-state index contributed by atoms with van der Waals surface area (Å²) < 4.78 is 5.04. The molecule has 1 aromatic heterocycles. The van der Waals surface area contributed by atoms with E-state index < -0.39 is 0 Å². The van der Waals surface area contributed by atoms with Crippen molar-refractivity contribution in [3.8, 4) is 5.75 Å². The van der Waals surface area contributed by atoms with Crippen molar-refractivity contribution in [2.45, 2.75) is 0 Å². The van der Waals surface area contributed by atoms with E-state index in [1.165, 1.54) is 6.21 Å². The van der Waals surface area contributed by atoms with Gasteiger partial charge in [0.1, 0.15) is 5.75 Å². The predicted octanol–water partition coefficient (Wildman–Crippen LogP) is 2.30. The number of ether oxygens (including phenoxy) is 1. The second-order valence-corrected chi connectivity index (χ2v) is 5.07. The van der Waals surface area contributed by atoms with Crippen LogP contribution in [0.25, 0.3) is 10.9 Å². The van der Waals surface area contributed by atoms with Crippen LogP contribution in [-0.4, -0.2) is 24.2 Å². The van der Waals surface area contributed by atoms with E-state index in [-0.39, 0.29) is 11.5 Å². The average molecular weight is 321 g/mol. The van der Waals surface area contributed by atoms with Gasteiger partial charge in [0.25, 0.3) is 11.5 Å². The van der Waals surface area contributed by atoms with Gasteiger partial charge in [-0.15, -0.1) is 0 Å². The highest BCUT2D eigenvalue weighted by Crippen LogP contribution is 2.11. The van der Waals surface area contributed by atoms with Crippen LogP contribution in [0.4, 0.5) is 0 Å².